The van der Waals surface area contributed by atoms with Crippen LogP contribution in [0.4, 0.5) is 13.2 Å². The largest absolute Gasteiger partial charge is 0.387 e. The average molecular weight is 295 g/mol. The van der Waals surface area contributed by atoms with Crippen LogP contribution in [0, 0.1) is 17.5 Å². The molecule has 2 rings (SSSR count). The summed E-state index contributed by atoms with van der Waals surface area (Å²) < 4.78 is 39.9. The zero-order chi connectivity index (χ0) is 15.4. The Morgan fingerprint density at radius 1 is 1.00 bits per heavy atom. The van der Waals surface area contributed by atoms with Crippen LogP contribution >= 0.6 is 0 Å². The van der Waals surface area contributed by atoms with Crippen molar-refractivity contribution < 1.29 is 18.3 Å². The van der Waals surface area contributed by atoms with E-state index in [2.05, 4.69) is 5.32 Å². The predicted molar refractivity (Wildman–Crippen MR) is 74.1 cm³/mol. The standard InChI is InChI=1S/C16H16F3NO/c1-10(11-5-7-12(17)8-6-11)20-9-15(21)16-13(18)3-2-4-14(16)19/h2-8,10,15,20-21H,9H2,1H3/t10-,15?/m0/s1. The van der Waals surface area contributed by atoms with Gasteiger partial charge in [-0.05, 0) is 36.8 Å². The molecule has 0 aliphatic rings. The van der Waals surface area contributed by atoms with Crippen molar-refractivity contribution >= 4 is 0 Å². The van der Waals surface area contributed by atoms with E-state index < -0.39 is 17.7 Å². The third-order valence-corrected chi connectivity index (χ3v) is 3.32. The fraction of sp³-hybridized carbons (Fsp3) is 0.250. The Labute approximate surface area is 121 Å². The molecule has 2 N–H and O–H groups in total. The highest BCUT2D eigenvalue weighted by atomic mass is 19.1. The van der Waals surface area contributed by atoms with E-state index in [-0.39, 0.29) is 24.0 Å². The molecule has 2 nitrogen and oxygen atoms in total. The first kappa shape index (κ1) is 15.5. The van der Waals surface area contributed by atoms with E-state index in [4.69, 9.17) is 0 Å². The monoisotopic (exact) mass is 295 g/mol. The molecule has 1 unspecified atom stereocenters. The van der Waals surface area contributed by atoms with Crippen LogP contribution < -0.4 is 5.32 Å². The zero-order valence-electron chi connectivity index (χ0n) is 11.5. The van der Waals surface area contributed by atoms with Gasteiger partial charge in [0.15, 0.2) is 0 Å². The number of halogens is 3. The molecule has 2 aromatic rings. The van der Waals surface area contributed by atoms with E-state index in [0.29, 0.717) is 0 Å². The number of hydrogen-bond acceptors (Lipinski definition) is 2. The average Bonchev–Trinajstić information content (AvgIpc) is 2.45. The van der Waals surface area contributed by atoms with Gasteiger partial charge < -0.3 is 10.4 Å². The van der Waals surface area contributed by atoms with Gasteiger partial charge in [-0.3, -0.25) is 0 Å². The second-order valence-electron chi connectivity index (χ2n) is 4.83. The van der Waals surface area contributed by atoms with Crippen LogP contribution in [0.15, 0.2) is 42.5 Å². The van der Waals surface area contributed by atoms with Gasteiger partial charge in [-0.25, -0.2) is 13.2 Å². The summed E-state index contributed by atoms with van der Waals surface area (Å²) in [5, 5.41) is 12.9. The van der Waals surface area contributed by atoms with Gasteiger partial charge in [0.25, 0.3) is 0 Å². The molecule has 21 heavy (non-hydrogen) atoms. The maximum atomic E-state index is 13.5. The first-order valence-corrected chi connectivity index (χ1v) is 6.60. The third kappa shape index (κ3) is 3.83. The first-order valence-electron chi connectivity index (χ1n) is 6.60. The van der Waals surface area contributed by atoms with Crippen LogP contribution in [0.25, 0.3) is 0 Å². The molecule has 0 radical (unpaired) electrons. The first-order chi connectivity index (χ1) is 9.99. The van der Waals surface area contributed by atoms with Crippen molar-refractivity contribution in [2.24, 2.45) is 0 Å². The van der Waals surface area contributed by atoms with Gasteiger partial charge in [0.1, 0.15) is 17.5 Å². The second-order valence-corrected chi connectivity index (χ2v) is 4.83. The fourth-order valence-electron chi connectivity index (χ4n) is 2.09. The fourth-order valence-corrected chi connectivity index (χ4v) is 2.09. The Morgan fingerprint density at radius 2 is 1.57 bits per heavy atom. The second kappa shape index (κ2) is 6.74. The van der Waals surface area contributed by atoms with Crippen molar-refractivity contribution in [1.29, 1.82) is 0 Å². The molecule has 0 heterocycles. The molecule has 0 saturated heterocycles. The quantitative estimate of drug-likeness (QED) is 0.885. The molecule has 5 heteroatoms. The van der Waals surface area contributed by atoms with E-state index >= 15 is 0 Å². The molecule has 0 aliphatic heterocycles. The molecule has 0 amide bonds. The molecule has 112 valence electrons. The molecule has 0 aromatic heterocycles. The summed E-state index contributed by atoms with van der Waals surface area (Å²) in [7, 11) is 0. The molecule has 0 spiro atoms. The van der Waals surface area contributed by atoms with E-state index in [0.717, 1.165) is 17.7 Å². The van der Waals surface area contributed by atoms with E-state index in [9.17, 15) is 18.3 Å². The highest BCUT2D eigenvalue weighted by Crippen LogP contribution is 2.21. The smallest absolute Gasteiger partial charge is 0.131 e. The van der Waals surface area contributed by atoms with Crippen LogP contribution in [-0.4, -0.2) is 11.7 Å². The van der Waals surface area contributed by atoms with E-state index in [1.54, 1.807) is 12.1 Å². The molecule has 0 aliphatic carbocycles. The van der Waals surface area contributed by atoms with Gasteiger partial charge in [-0.15, -0.1) is 0 Å². The summed E-state index contributed by atoms with van der Waals surface area (Å²) in [6, 6.07) is 9.16. The van der Waals surface area contributed by atoms with Gasteiger partial charge in [0, 0.05) is 12.6 Å². The lowest BCUT2D eigenvalue weighted by Gasteiger charge is -2.18. The lowest BCUT2D eigenvalue weighted by Crippen LogP contribution is -2.25. The van der Waals surface area contributed by atoms with Crippen LogP contribution in [0.1, 0.15) is 30.2 Å². The predicted octanol–water partition coefficient (Wildman–Crippen LogP) is 3.49. The Morgan fingerprint density at radius 3 is 2.14 bits per heavy atom. The summed E-state index contributed by atoms with van der Waals surface area (Å²) in [5.41, 5.74) is 0.467. The maximum Gasteiger partial charge on any atom is 0.131 e. The zero-order valence-corrected chi connectivity index (χ0v) is 11.5. The van der Waals surface area contributed by atoms with E-state index in [1.165, 1.54) is 18.2 Å². The lowest BCUT2D eigenvalue weighted by atomic mass is 10.1. The normalized spacial score (nSPS) is 14.0. The Balaban J connectivity index is 2.00. The summed E-state index contributed by atoms with van der Waals surface area (Å²) >= 11 is 0. The summed E-state index contributed by atoms with van der Waals surface area (Å²) in [4.78, 5) is 0. The van der Waals surface area contributed by atoms with Crippen molar-refractivity contribution in [3.63, 3.8) is 0 Å². The summed E-state index contributed by atoms with van der Waals surface area (Å²) in [6.07, 6.45) is -1.30. The Kier molecular flexibility index (Phi) is 4.98. The minimum absolute atomic E-state index is 0.0175. The topological polar surface area (TPSA) is 32.3 Å². The molecule has 2 aromatic carbocycles. The number of benzene rings is 2. The summed E-state index contributed by atoms with van der Waals surface area (Å²) in [6.45, 7) is 1.80. The number of aliphatic hydroxyl groups excluding tert-OH is 1. The Bertz CT molecular complexity index is 581. The molecule has 0 bridgehead atoms. The minimum atomic E-state index is -1.30. The molecule has 0 saturated carbocycles. The molecule has 2 atom stereocenters. The van der Waals surface area contributed by atoms with Crippen molar-refractivity contribution in [3.8, 4) is 0 Å². The van der Waals surface area contributed by atoms with Gasteiger partial charge in [0.2, 0.25) is 0 Å². The van der Waals surface area contributed by atoms with Gasteiger partial charge in [-0.1, -0.05) is 18.2 Å². The van der Waals surface area contributed by atoms with E-state index in [1.807, 2.05) is 6.92 Å². The van der Waals surface area contributed by atoms with Crippen LogP contribution in [0.2, 0.25) is 0 Å². The third-order valence-electron chi connectivity index (χ3n) is 3.32. The molecular weight excluding hydrogens is 279 g/mol. The lowest BCUT2D eigenvalue weighted by molar-refractivity contribution is 0.161. The minimum Gasteiger partial charge on any atom is -0.387 e. The van der Waals surface area contributed by atoms with Gasteiger partial charge in [-0.2, -0.15) is 0 Å². The van der Waals surface area contributed by atoms with Crippen molar-refractivity contribution in [2.75, 3.05) is 6.54 Å². The molecular formula is C16H16F3NO. The van der Waals surface area contributed by atoms with Crippen molar-refractivity contribution in [1.82, 2.24) is 5.32 Å². The maximum absolute atomic E-state index is 13.5. The number of aliphatic hydroxyl groups is 1. The van der Waals surface area contributed by atoms with Crippen LogP contribution in [-0.2, 0) is 0 Å². The highest BCUT2D eigenvalue weighted by Gasteiger charge is 2.18. The van der Waals surface area contributed by atoms with Gasteiger partial charge in [0.05, 0.1) is 11.7 Å². The number of hydrogen-bond donors (Lipinski definition) is 2. The molecule has 0 fully saturated rings. The van der Waals surface area contributed by atoms with Crippen molar-refractivity contribution in [3.05, 3.63) is 71.0 Å². The van der Waals surface area contributed by atoms with Crippen LogP contribution in [0.3, 0.4) is 0 Å². The van der Waals surface area contributed by atoms with Gasteiger partial charge >= 0.3 is 0 Å². The van der Waals surface area contributed by atoms with Crippen molar-refractivity contribution in [2.45, 2.75) is 19.1 Å². The van der Waals surface area contributed by atoms with Crippen LogP contribution in [0.5, 0.6) is 0 Å². The number of nitrogens with one attached hydrogen (secondary N) is 1. The highest BCUT2D eigenvalue weighted by molar-refractivity contribution is 5.23. The number of rotatable bonds is 5. The summed E-state index contributed by atoms with van der Waals surface area (Å²) in [5.74, 6) is -1.89. The SMILES string of the molecule is C[C@H](NCC(O)c1c(F)cccc1F)c1ccc(F)cc1. The Hall–Kier alpha value is -1.85.